The van der Waals surface area contributed by atoms with Crippen molar-refractivity contribution in [1.29, 1.82) is 5.26 Å². The number of hydrogen-bond acceptors (Lipinski definition) is 4. The van der Waals surface area contributed by atoms with Gasteiger partial charge in [-0.05, 0) is 18.2 Å². The highest BCUT2D eigenvalue weighted by Crippen LogP contribution is 2.15. The first kappa shape index (κ1) is 17.4. The van der Waals surface area contributed by atoms with Crippen LogP contribution in [0.4, 0.5) is 17.6 Å². The molecule has 0 amide bonds. The third-order valence-electron chi connectivity index (χ3n) is 2.17. The number of rotatable bonds is 6. The maximum absolute atomic E-state index is 13.1. The van der Waals surface area contributed by atoms with Crippen molar-refractivity contribution in [1.82, 2.24) is 4.72 Å². The van der Waals surface area contributed by atoms with Crippen LogP contribution in [0.25, 0.3) is 0 Å². The molecule has 0 atom stereocenters. The van der Waals surface area contributed by atoms with Crippen molar-refractivity contribution in [3.63, 3.8) is 0 Å². The summed E-state index contributed by atoms with van der Waals surface area (Å²) in [5.74, 6) is -0.870. The van der Waals surface area contributed by atoms with Crippen LogP contribution in [0.1, 0.15) is 5.56 Å². The molecule has 5 nitrogen and oxygen atoms in total. The van der Waals surface area contributed by atoms with Crippen molar-refractivity contribution in [2.45, 2.75) is 11.1 Å². The Morgan fingerprint density at radius 2 is 2.00 bits per heavy atom. The zero-order valence-electron chi connectivity index (χ0n) is 10.4. The number of ether oxygens (including phenoxy) is 1. The quantitative estimate of drug-likeness (QED) is 0.635. The van der Waals surface area contributed by atoms with Crippen molar-refractivity contribution >= 4 is 10.0 Å². The Kier molecular flexibility index (Phi) is 5.65. The second-order valence-corrected chi connectivity index (χ2v) is 5.59. The fourth-order valence-electron chi connectivity index (χ4n) is 1.28. The Bertz CT molecular complexity index is 638. The first-order valence-electron chi connectivity index (χ1n) is 5.49. The highest BCUT2D eigenvalue weighted by Gasteiger charge is 2.27. The molecule has 1 rings (SSSR count). The molecule has 0 aliphatic carbocycles. The molecule has 116 valence electrons. The van der Waals surface area contributed by atoms with Crippen molar-refractivity contribution in [2.75, 3.05) is 19.8 Å². The molecular weight excluding hydrogens is 316 g/mol. The average molecular weight is 326 g/mol. The number of sulfonamides is 1. The van der Waals surface area contributed by atoms with E-state index in [1.54, 1.807) is 0 Å². The van der Waals surface area contributed by atoms with Gasteiger partial charge in [0.1, 0.15) is 18.5 Å². The monoisotopic (exact) mass is 326 g/mol. The minimum Gasteiger partial charge on any atom is -0.371 e. The highest BCUT2D eigenvalue weighted by molar-refractivity contribution is 7.89. The normalized spacial score (nSPS) is 12.1. The molecule has 0 saturated carbocycles. The third kappa shape index (κ3) is 5.66. The largest absolute Gasteiger partial charge is 0.411 e. The molecule has 1 aromatic carbocycles. The summed E-state index contributed by atoms with van der Waals surface area (Å²) < 4.78 is 78.1. The van der Waals surface area contributed by atoms with E-state index in [1.165, 1.54) is 6.07 Å². The SMILES string of the molecule is N#Cc1cc(S(=O)(=O)NCCOCC(F)(F)F)ccc1F. The Labute approximate surface area is 118 Å². The zero-order valence-corrected chi connectivity index (χ0v) is 11.3. The van der Waals surface area contributed by atoms with E-state index in [-0.39, 0.29) is 4.90 Å². The Morgan fingerprint density at radius 1 is 1.33 bits per heavy atom. The van der Waals surface area contributed by atoms with Gasteiger partial charge < -0.3 is 4.74 Å². The van der Waals surface area contributed by atoms with E-state index in [4.69, 9.17) is 5.26 Å². The van der Waals surface area contributed by atoms with Crippen LogP contribution < -0.4 is 4.72 Å². The second kappa shape index (κ2) is 6.84. The van der Waals surface area contributed by atoms with Crippen LogP contribution in [0.2, 0.25) is 0 Å². The summed E-state index contributed by atoms with van der Waals surface area (Å²) in [5, 5.41) is 8.60. The second-order valence-electron chi connectivity index (χ2n) is 3.82. The van der Waals surface area contributed by atoms with Crippen molar-refractivity contribution in [3.05, 3.63) is 29.6 Å². The molecular formula is C11H10F4N2O3S. The molecule has 10 heteroatoms. The lowest BCUT2D eigenvalue weighted by Gasteiger charge is -2.09. The van der Waals surface area contributed by atoms with Crippen LogP contribution in [-0.2, 0) is 14.8 Å². The van der Waals surface area contributed by atoms with Gasteiger partial charge in [-0.25, -0.2) is 17.5 Å². The number of nitrogens with zero attached hydrogens (tertiary/aromatic N) is 1. The third-order valence-corrected chi connectivity index (χ3v) is 3.63. The molecule has 0 aromatic heterocycles. The van der Waals surface area contributed by atoms with E-state index >= 15 is 0 Å². The van der Waals surface area contributed by atoms with Gasteiger partial charge in [0.2, 0.25) is 10.0 Å². The fourth-order valence-corrected chi connectivity index (χ4v) is 2.32. The van der Waals surface area contributed by atoms with Gasteiger partial charge in [-0.2, -0.15) is 18.4 Å². The van der Waals surface area contributed by atoms with Gasteiger partial charge in [-0.3, -0.25) is 0 Å². The molecule has 21 heavy (non-hydrogen) atoms. The molecule has 1 aromatic rings. The van der Waals surface area contributed by atoms with Gasteiger partial charge in [-0.15, -0.1) is 0 Å². The molecule has 0 aliphatic heterocycles. The van der Waals surface area contributed by atoms with E-state index < -0.39 is 47.3 Å². The minimum atomic E-state index is -4.49. The molecule has 0 radical (unpaired) electrons. The standard InChI is InChI=1S/C11H10F4N2O3S/c12-10-2-1-9(5-8(10)6-16)21(18,19)17-3-4-20-7-11(13,14)15/h1-2,5,17H,3-4,7H2. The molecule has 0 bridgehead atoms. The molecule has 0 fully saturated rings. The van der Waals surface area contributed by atoms with Crippen LogP contribution in [-0.4, -0.2) is 34.4 Å². The van der Waals surface area contributed by atoms with Crippen LogP contribution in [0.3, 0.4) is 0 Å². The predicted molar refractivity (Wildman–Crippen MR) is 63.2 cm³/mol. The summed E-state index contributed by atoms with van der Waals surface area (Å²) >= 11 is 0. The molecule has 0 aliphatic rings. The number of nitrogens with one attached hydrogen (secondary N) is 1. The van der Waals surface area contributed by atoms with Gasteiger partial charge in [-0.1, -0.05) is 0 Å². The van der Waals surface area contributed by atoms with Gasteiger partial charge >= 0.3 is 6.18 Å². The summed E-state index contributed by atoms with van der Waals surface area (Å²) in [4.78, 5) is -0.365. The molecule has 0 unspecified atom stereocenters. The number of hydrogen-bond donors (Lipinski definition) is 1. The number of benzene rings is 1. The maximum Gasteiger partial charge on any atom is 0.411 e. The smallest absolute Gasteiger partial charge is 0.371 e. The lowest BCUT2D eigenvalue weighted by molar-refractivity contribution is -0.173. The van der Waals surface area contributed by atoms with Gasteiger partial charge in [0, 0.05) is 6.54 Å². The summed E-state index contributed by atoms with van der Waals surface area (Å²) in [6.07, 6.45) is -4.49. The zero-order chi connectivity index (χ0) is 16.1. The summed E-state index contributed by atoms with van der Waals surface area (Å²) in [7, 11) is -4.05. The van der Waals surface area contributed by atoms with Crippen molar-refractivity contribution < 1.29 is 30.7 Å². The van der Waals surface area contributed by atoms with E-state index in [0.717, 1.165) is 18.2 Å². The Morgan fingerprint density at radius 3 is 2.57 bits per heavy atom. The topological polar surface area (TPSA) is 79.2 Å². The van der Waals surface area contributed by atoms with Crippen molar-refractivity contribution in [3.8, 4) is 6.07 Å². The minimum absolute atomic E-state index is 0.365. The van der Waals surface area contributed by atoms with Gasteiger partial charge in [0.15, 0.2) is 0 Å². The molecule has 0 heterocycles. The van der Waals surface area contributed by atoms with E-state index in [1.807, 2.05) is 4.72 Å². The summed E-state index contributed by atoms with van der Waals surface area (Å²) in [6.45, 7) is -2.35. The van der Waals surface area contributed by atoms with E-state index in [2.05, 4.69) is 4.74 Å². The first-order valence-corrected chi connectivity index (χ1v) is 6.98. The predicted octanol–water partition coefficient (Wildman–Crippen LogP) is 1.55. The number of halogens is 4. The van der Waals surface area contributed by atoms with Crippen molar-refractivity contribution in [2.24, 2.45) is 0 Å². The summed E-state index contributed by atoms with van der Waals surface area (Å²) in [5.41, 5.74) is -0.453. The van der Waals surface area contributed by atoms with Crippen LogP contribution >= 0.6 is 0 Å². The molecule has 0 spiro atoms. The lowest BCUT2D eigenvalue weighted by atomic mass is 10.2. The highest BCUT2D eigenvalue weighted by atomic mass is 32.2. The Hall–Kier alpha value is -1.70. The van der Waals surface area contributed by atoms with E-state index in [0.29, 0.717) is 0 Å². The van der Waals surface area contributed by atoms with Crippen LogP contribution in [0.5, 0.6) is 0 Å². The Balaban J connectivity index is 2.60. The number of alkyl halides is 3. The molecule has 1 N–H and O–H groups in total. The van der Waals surface area contributed by atoms with Crippen LogP contribution in [0.15, 0.2) is 23.1 Å². The summed E-state index contributed by atoms with van der Waals surface area (Å²) in [6, 6.07) is 4.06. The van der Waals surface area contributed by atoms with Gasteiger partial charge in [0.05, 0.1) is 17.1 Å². The fraction of sp³-hybridized carbons (Fsp3) is 0.364. The molecule has 0 saturated heterocycles. The lowest BCUT2D eigenvalue weighted by Crippen LogP contribution is -2.29. The first-order chi connectivity index (χ1) is 9.65. The number of nitriles is 1. The van der Waals surface area contributed by atoms with E-state index in [9.17, 15) is 26.0 Å². The average Bonchev–Trinajstić information content (AvgIpc) is 2.37. The van der Waals surface area contributed by atoms with Crippen LogP contribution in [0, 0.1) is 17.1 Å². The van der Waals surface area contributed by atoms with Gasteiger partial charge in [0.25, 0.3) is 0 Å². The maximum atomic E-state index is 13.1.